The maximum absolute atomic E-state index is 12.8. The maximum atomic E-state index is 12.8. The number of likely N-dealkylation sites (tertiary alicyclic amines) is 1. The molecule has 9 heteroatoms. The second kappa shape index (κ2) is 9.58. The van der Waals surface area contributed by atoms with E-state index < -0.39 is 17.6 Å². The molecule has 160 valence electrons. The van der Waals surface area contributed by atoms with Crippen molar-refractivity contribution >= 4 is 11.8 Å². The van der Waals surface area contributed by atoms with Crippen LogP contribution >= 0.6 is 0 Å². The van der Waals surface area contributed by atoms with E-state index in [4.69, 9.17) is 4.74 Å². The van der Waals surface area contributed by atoms with E-state index in [1.165, 1.54) is 12.1 Å². The number of nitrogens with zero attached hydrogens (tertiary/aromatic N) is 1. The molecule has 2 fully saturated rings. The number of hydrogen-bond donors (Lipinski definition) is 2. The first kappa shape index (κ1) is 21.6. The van der Waals surface area contributed by atoms with Crippen molar-refractivity contribution in [1.82, 2.24) is 15.5 Å². The number of ether oxygens (including phenoxy) is 1. The van der Waals surface area contributed by atoms with Crippen LogP contribution in [0.25, 0.3) is 0 Å². The van der Waals surface area contributed by atoms with E-state index in [-0.39, 0.29) is 24.1 Å². The minimum atomic E-state index is -4.52. The Bertz CT molecular complexity index is 718. The van der Waals surface area contributed by atoms with Crippen molar-refractivity contribution in [3.63, 3.8) is 0 Å². The maximum Gasteiger partial charge on any atom is 0.416 e. The van der Waals surface area contributed by atoms with Gasteiger partial charge in [0.1, 0.15) is 0 Å². The first-order valence-electron chi connectivity index (χ1n) is 9.89. The van der Waals surface area contributed by atoms with E-state index in [1.807, 2.05) is 0 Å². The highest BCUT2D eigenvalue weighted by molar-refractivity contribution is 5.96. The molecule has 2 aliphatic rings. The van der Waals surface area contributed by atoms with Gasteiger partial charge in [-0.25, -0.2) is 0 Å². The standard InChI is InChI=1S/C20H26F3N3O3/c21-20(22,23)15-4-1-3-14(11-15)19(28)24-12-18(27)25-16-6-8-26(13-16)17-5-2-9-29-10-7-17/h1,3-4,11,16-17H,2,5-10,12-13H2,(H,24,28)(H,25,27)/t16-,17?/m1/s1. The lowest BCUT2D eigenvalue weighted by Crippen LogP contribution is -2.44. The van der Waals surface area contributed by atoms with Gasteiger partial charge in [-0.3, -0.25) is 14.5 Å². The Morgan fingerprint density at radius 2 is 2.00 bits per heavy atom. The largest absolute Gasteiger partial charge is 0.416 e. The molecule has 1 aromatic rings. The van der Waals surface area contributed by atoms with Crippen molar-refractivity contribution in [1.29, 1.82) is 0 Å². The van der Waals surface area contributed by atoms with Crippen molar-refractivity contribution < 1.29 is 27.5 Å². The smallest absolute Gasteiger partial charge is 0.381 e. The summed E-state index contributed by atoms with van der Waals surface area (Å²) in [6, 6.07) is 4.61. The van der Waals surface area contributed by atoms with Gasteiger partial charge in [0.15, 0.2) is 0 Å². The molecule has 0 aliphatic carbocycles. The second-order valence-corrected chi connectivity index (χ2v) is 7.51. The Morgan fingerprint density at radius 3 is 2.79 bits per heavy atom. The number of nitrogens with one attached hydrogen (secondary N) is 2. The molecule has 2 amide bonds. The first-order chi connectivity index (χ1) is 13.8. The summed E-state index contributed by atoms with van der Waals surface area (Å²) in [7, 11) is 0. The van der Waals surface area contributed by atoms with Crippen molar-refractivity contribution in [3.8, 4) is 0 Å². The molecule has 0 aromatic heterocycles. The van der Waals surface area contributed by atoms with Crippen LogP contribution in [0.4, 0.5) is 13.2 Å². The number of carbonyl (C=O) groups is 2. The Kier molecular flexibility index (Phi) is 7.13. The number of halogens is 3. The van der Waals surface area contributed by atoms with Gasteiger partial charge in [0.25, 0.3) is 5.91 Å². The molecule has 3 rings (SSSR count). The summed E-state index contributed by atoms with van der Waals surface area (Å²) in [5.41, 5.74) is -1.03. The normalized spacial score (nSPS) is 23.4. The topological polar surface area (TPSA) is 70.7 Å². The molecule has 0 bridgehead atoms. The van der Waals surface area contributed by atoms with Crippen molar-refractivity contribution in [3.05, 3.63) is 35.4 Å². The number of alkyl halides is 3. The van der Waals surface area contributed by atoms with Gasteiger partial charge in [0.2, 0.25) is 5.91 Å². The zero-order valence-electron chi connectivity index (χ0n) is 16.1. The molecule has 0 saturated carbocycles. The summed E-state index contributed by atoms with van der Waals surface area (Å²) >= 11 is 0. The lowest BCUT2D eigenvalue weighted by molar-refractivity contribution is -0.137. The Labute approximate surface area is 167 Å². The van der Waals surface area contributed by atoms with Crippen molar-refractivity contribution in [2.24, 2.45) is 0 Å². The number of hydrogen-bond acceptors (Lipinski definition) is 4. The zero-order valence-corrected chi connectivity index (χ0v) is 16.1. The molecule has 0 spiro atoms. The first-order valence-corrected chi connectivity index (χ1v) is 9.89. The third-order valence-corrected chi connectivity index (χ3v) is 5.38. The molecule has 2 aliphatic heterocycles. The van der Waals surface area contributed by atoms with Crippen LogP contribution in [0.2, 0.25) is 0 Å². The molecule has 2 saturated heterocycles. The molecule has 6 nitrogen and oxygen atoms in total. The van der Waals surface area contributed by atoms with Crippen molar-refractivity contribution in [2.75, 3.05) is 32.8 Å². The quantitative estimate of drug-likeness (QED) is 0.777. The van der Waals surface area contributed by atoms with Gasteiger partial charge >= 0.3 is 6.18 Å². The van der Waals surface area contributed by atoms with Gasteiger partial charge in [-0.05, 0) is 43.9 Å². The average molecular weight is 413 g/mol. The third-order valence-electron chi connectivity index (χ3n) is 5.38. The average Bonchev–Trinajstić information content (AvgIpc) is 2.97. The fourth-order valence-electron chi connectivity index (χ4n) is 3.87. The number of benzene rings is 1. The van der Waals surface area contributed by atoms with Crippen LogP contribution in [0.1, 0.15) is 41.6 Å². The molecule has 2 atom stereocenters. The summed E-state index contributed by atoms with van der Waals surface area (Å²) in [5.74, 6) is -1.06. The highest BCUT2D eigenvalue weighted by Gasteiger charge is 2.31. The van der Waals surface area contributed by atoms with E-state index in [1.54, 1.807) is 0 Å². The fraction of sp³-hybridized carbons (Fsp3) is 0.600. The van der Waals surface area contributed by atoms with Gasteiger partial charge < -0.3 is 15.4 Å². The lowest BCUT2D eigenvalue weighted by Gasteiger charge is -2.26. The van der Waals surface area contributed by atoms with Gasteiger partial charge in [-0.1, -0.05) is 6.07 Å². The van der Waals surface area contributed by atoms with E-state index in [0.29, 0.717) is 6.04 Å². The highest BCUT2D eigenvalue weighted by Crippen LogP contribution is 2.29. The second-order valence-electron chi connectivity index (χ2n) is 7.51. The SMILES string of the molecule is O=C(CNC(=O)c1cccc(C(F)(F)F)c1)N[C@@H]1CCN(C2CCCOCC2)C1. The fourth-order valence-corrected chi connectivity index (χ4v) is 3.87. The summed E-state index contributed by atoms with van der Waals surface area (Å²) in [5, 5.41) is 5.29. The predicted molar refractivity (Wildman–Crippen MR) is 100 cm³/mol. The highest BCUT2D eigenvalue weighted by atomic mass is 19.4. The van der Waals surface area contributed by atoms with E-state index in [9.17, 15) is 22.8 Å². The molecule has 2 heterocycles. The molecule has 1 aromatic carbocycles. The van der Waals surface area contributed by atoms with Crippen LogP contribution in [0, 0.1) is 0 Å². The minimum absolute atomic E-state index is 0.0112. The monoisotopic (exact) mass is 413 g/mol. The Morgan fingerprint density at radius 1 is 1.17 bits per heavy atom. The molecule has 1 unspecified atom stereocenters. The van der Waals surface area contributed by atoms with Gasteiger partial charge in [-0.2, -0.15) is 13.2 Å². The Balaban J connectivity index is 1.44. The summed E-state index contributed by atoms with van der Waals surface area (Å²) < 4.78 is 43.8. The van der Waals surface area contributed by atoms with Gasteiger partial charge in [0.05, 0.1) is 12.1 Å². The summed E-state index contributed by atoms with van der Waals surface area (Å²) in [6.45, 7) is 2.96. The number of rotatable bonds is 5. The number of carbonyl (C=O) groups excluding carboxylic acids is 2. The summed E-state index contributed by atoms with van der Waals surface area (Å²) in [4.78, 5) is 26.6. The van der Waals surface area contributed by atoms with E-state index >= 15 is 0 Å². The molecular weight excluding hydrogens is 387 g/mol. The van der Waals surface area contributed by atoms with E-state index in [2.05, 4.69) is 15.5 Å². The Hall–Kier alpha value is -2.13. The van der Waals surface area contributed by atoms with Crippen LogP contribution in [0.3, 0.4) is 0 Å². The summed E-state index contributed by atoms with van der Waals surface area (Å²) in [6.07, 6.45) is -0.558. The van der Waals surface area contributed by atoms with E-state index in [0.717, 1.165) is 64.1 Å². The lowest BCUT2D eigenvalue weighted by atomic mass is 10.1. The van der Waals surface area contributed by atoms with Gasteiger partial charge in [-0.15, -0.1) is 0 Å². The molecular formula is C20H26F3N3O3. The minimum Gasteiger partial charge on any atom is -0.381 e. The van der Waals surface area contributed by atoms with Crippen molar-refractivity contribution in [2.45, 2.75) is 43.9 Å². The van der Waals surface area contributed by atoms with Crippen LogP contribution in [-0.2, 0) is 15.7 Å². The molecule has 2 N–H and O–H groups in total. The zero-order chi connectivity index (χ0) is 20.9. The van der Waals surface area contributed by atoms with Crippen LogP contribution in [0.15, 0.2) is 24.3 Å². The third kappa shape index (κ3) is 6.17. The van der Waals surface area contributed by atoms with Gasteiger partial charge in [0, 0.05) is 44.0 Å². The van der Waals surface area contributed by atoms with Crippen LogP contribution in [0.5, 0.6) is 0 Å². The molecule has 29 heavy (non-hydrogen) atoms. The predicted octanol–water partition coefficient (Wildman–Crippen LogP) is 2.19. The van der Waals surface area contributed by atoms with Crippen LogP contribution < -0.4 is 10.6 Å². The van der Waals surface area contributed by atoms with Crippen LogP contribution in [-0.4, -0.2) is 61.6 Å². The number of amides is 2. The molecule has 0 radical (unpaired) electrons.